The fraction of sp³-hybridized carbons (Fsp3) is 0.227. The van der Waals surface area contributed by atoms with Crippen LogP contribution in [-0.2, 0) is 16.6 Å². The quantitative estimate of drug-likeness (QED) is 0.602. The van der Waals surface area contributed by atoms with E-state index in [-0.39, 0.29) is 4.90 Å². The summed E-state index contributed by atoms with van der Waals surface area (Å²) in [5, 5.41) is 0.783. The van der Waals surface area contributed by atoms with Gasteiger partial charge in [0, 0.05) is 37.7 Å². The van der Waals surface area contributed by atoms with Crippen LogP contribution < -0.4 is 9.62 Å². The van der Waals surface area contributed by atoms with Crippen molar-refractivity contribution in [3.05, 3.63) is 83.3 Å². The van der Waals surface area contributed by atoms with Crippen LogP contribution in [0.2, 0.25) is 5.02 Å². The number of sulfonamides is 1. The van der Waals surface area contributed by atoms with Crippen molar-refractivity contribution in [3.63, 3.8) is 0 Å². The Bertz CT molecular complexity index is 1130. The summed E-state index contributed by atoms with van der Waals surface area (Å²) in [5.74, 6) is 0.305. The minimum absolute atomic E-state index is 0.00684. The second-order valence-electron chi connectivity index (χ2n) is 7.32. The van der Waals surface area contributed by atoms with Crippen molar-refractivity contribution in [2.45, 2.75) is 11.4 Å². The van der Waals surface area contributed by atoms with E-state index >= 15 is 0 Å². The number of anilines is 2. The van der Waals surface area contributed by atoms with E-state index in [0.717, 1.165) is 61.3 Å². The fourth-order valence-corrected chi connectivity index (χ4v) is 4.70. The van der Waals surface area contributed by atoms with Gasteiger partial charge in [0.1, 0.15) is 11.6 Å². The molecule has 2 heterocycles. The fourth-order valence-electron chi connectivity index (χ4n) is 3.46. The molecule has 31 heavy (non-hydrogen) atoms. The Kier molecular flexibility index (Phi) is 6.41. The predicted molar refractivity (Wildman–Crippen MR) is 120 cm³/mol. The largest absolute Gasteiger partial charge is 0.354 e. The molecule has 0 radical (unpaired) electrons. The van der Waals surface area contributed by atoms with Crippen LogP contribution in [-0.4, -0.2) is 44.5 Å². The molecule has 0 saturated carbocycles. The highest BCUT2D eigenvalue weighted by Crippen LogP contribution is 2.21. The SMILES string of the molecule is O=S(=O)(Nc1ccc(N2CCN(Cc3ccccc3Cl)CC2)nc1)c1ccc(F)cc1. The van der Waals surface area contributed by atoms with E-state index in [2.05, 4.69) is 19.5 Å². The smallest absolute Gasteiger partial charge is 0.261 e. The van der Waals surface area contributed by atoms with Crippen molar-refractivity contribution in [1.82, 2.24) is 9.88 Å². The first kappa shape index (κ1) is 21.5. The van der Waals surface area contributed by atoms with Crippen molar-refractivity contribution in [2.75, 3.05) is 35.8 Å². The molecule has 0 aliphatic carbocycles. The van der Waals surface area contributed by atoms with Gasteiger partial charge in [0.15, 0.2) is 0 Å². The van der Waals surface area contributed by atoms with E-state index in [1.807, 2.05) is 24.3 Å². The van der Waals surface area contributed by atoms with Crippen molar-refractivity contribution >= 4 is 33.1 Å². The lowest BCUT2D eigenvalue weighted by molar-refractivity contribution is 0.249. The summed E-state index contributed by atoms with van der Waals surface area (Å²) in [5.41, 5.74) is 1.47. The topological polar surface area (TPSA) is 65.5 Å². The molecular formula is C22H22ClFN4O2S. The lowest BCUT2D eigenvalue weighted by Gasteiger charge is -2.35. The zero-order chi connectivity index (χ0) is 21.8. The first-order chi connectivity index (χ1) is 14.9. The number of hydrogen-bond donors (Lipinski definition) is 1. The molecule has 1 aromatic heterocycles. The lowest BCUT2D eigenvalue weighted by Crippen LogP contribution is -2.46. The number of nitrogens with one attached hydrogen (secondary N) is 1. The maximum atomic E-state index is 13.0. The highest BCUT2D eigenvalue weighted by atomic mass is 35.5. The lowest BCUT2D eigenvalue weighted by atomic mass is 10.2. The Morgan fingerprint density at radius 3 is 2.32 bits per heavy atom. The molecule has 0 spiro atoms. The van der Waals surface area contributed by atoms with Crippen molar-refractivity contribution < 1.29 is 12.8 Å². The molecule has 0 amide bonds. The number of piperazine rings is 1. The van der Waals surface area contributed by atoms with Gasteiger partial charge in [-0.3, -0.25) is 9.62 Å². The van der Waals surface area contributed by atoms with E-state index < -0.39 is 15.8 Å². The van der Waals surface area contributed by atoms with Crippen LogP contribution in [0.25, 0.3) is 0 Å². The van der Waals surface area contributed by atoms with Crippen LogP contribution in [0.15, 0.2) is 71.8 Å². The zero-order valence-corrected chi connectivity index (χ0v) is 18.3. The summed E-state index contributed by atoms with van der Waals surface area (Å²) < 4.78 is 40.4. The molecule has 9 heteroatoms. The second kappa shape index (κ2) is 9.21. The van der Waals surface area contributed by atoms with Gasteiger partial charge in [-0.25, -0.2) is 17.8 Å². The standard InChI is InChI=1S/C22H22ClFN4O2S/c23-21-4-2-1-3-17(21)16-27-11-13-28(14-12-27)22-10-7-19(15-25-22)26-31(29,30)20-8-5-18(24)6-9-20/h1-10,15,26H,11-14,16H2. The minimum Gasteiger partial charge on any atom is -0.354 e. The minimum atomic E-state index is -3.80. The molecule has 6 nitrogen and oxygen atoms in total. The summed E-state index contributed by atoms with van der Waals surface area (Å²) in [7, 11) is -3.80. The molecule has 0 atom stereocenters. The van der Waals surface area contributed by atoms with Gasteiger partial charge in [-0.15, -0.1) is 0 Å². The Labute approximate surface area is 186 Å². The molecule has 1 fully saturated rings. The van der Waals surface area contributed by atoms with E-state index in [1.165, 1.54) is 18.3 Å². The highest BCUT2D eigenvalue weighted by Gasteiger charge is 2.19. The van der Waals surface area contributed by atoms with Gasteiger partial charge in [0.25, 0.3) is 10.0 Å². The van der Waals surface area contributed by atoms with Gasteiger partial charge < -0.3 is 4.90 Å². The average molecular weight is 461 g/mol. The van der Waals surface area contributed by atoms with Gasteiger partial charge in [0.05, 0.1) is 16.8 Å². The van der Waals surface area contributed by atoms with E-state index in [4.69, 9.17) is 11.6 Å². The van der Waals surface area contributed by atoms with Crippen LogP contribution in [0, 0.1) is 5.82 Å². The predicted octanol–water partition coefficient (Wildman–Crippen LogP) is 4.00. The molecule has 1 N–H and O–H groups in total. The van der Waals surface area contributed by atoms with E-state index in [1.54, 1.807) is 12.1 Å². The van der Waals surface area contributed by atoms with Crippen molar-refractivity contribution in [3.8, 4) is 0 Å². The molecule has 1 saturated heterocycles. The summed E-state index contributed by atoms with van der Waals surface area (Å²) in [6.45, 7) is 4.21. The maximum absolute atomic E-state index is 13.0. The first-order valence-electron chi connectivity index (χ1n) is 9.86. The molecule has 0 unspecified atom stereocenters. The van der Waals surface area contributed by atoms with Crippen molar-refractivity contribution in [2.24, 2.45) is 0 Å². The van der Waals surface area contributed by atoms with Crippen LogP contribution >= 0.6 is 11.6 Å². The third-order valence-corrected chi connectivity index (χ3v) is 6.94. The summed E-state index contributed by atoms with van der Waals surface area (Å²) in [4.78, 5) is 8.93. The number of pyridine rings is 1. The van der Waals surface area contributed by atoms with Crippen molar-refractivity contribution in [1.29, 1.82) is 0 Å². The Hall–Kier alpha value is -2.68. The zero-order valence-electron chi connectivity index (χ0n) is 16.7. The number of rotatable bonds is 6. The summed E-state index contributed by atoms with van der Waals surface area (Å²) in [6.07, 6.45) is 1.49. The highest BCUT2D eigenvalue weighted by molar-refractivity contribution is 7.92. The monoisotopic (exact) mass is 460 g/mol. The van der Waals surface area contributed by atoms with Crippen LogP contribution in [0.1, 0.15) is 5.56 Å². The van der Waals surface area contributed by atoms with Crippen LogP contribution in [0.5, 0.6) is 0 Å². The van der Waals surface area contributed by atoms with E-state index in [0.29, 0.717) is 5.69 Å². The van der Waals surface area contributed by atoms with Gasteiger partial charge in [0.2, 0.25) is 0 Å². The number of hydrogen-bond acceptors (Lipinski definition) is 5. The second-order valence-corrected chi connectivity index (χ2v) is 9.41. The maximum Gasteiger partial charge on any atom is 0.261 e. The number of aromatic nitrogens is 1. The third kappa shape index (κ3) is 5.33. The molecule has 2 aromatic carbocycles. The number of benzene rings is 2. The molecule has 1 aliphatic rings. The molecule has 162 valence electrons. The van der Waals surface area contributed by atoms with E-state index in [9.17, 15) is 12.8 Å². The third-order valence-electron chi connectivity index (χ3n) is 5.17. The average Bonchev–Trinajstić information content (AvgIpc) is 2.77. The summed E-state index contributed by atoms with van der Waals surface area (Å²) in [6, 6.07) is 16.0. The van der Waals surface area contributed by atoms with Gasteiger partial charge in [-0.05, 0) is 48.0 Å². The molecular weight excluding hydrogens is 439 g/mol. The molecule has 3 aromatic rings. The van der Waals surface area contributed by atoms with Crippen LogP contribution in [0.4, 0.5) is 15.9 Å². The Balaban J connectivity index is 1.34. The van der Waals surface area contributed by atoms with Gasteiger partial charge in [-0.1, -0.05) is 29.8 Å². The van der Waals surface area contributed by atoms with Gasteiger partial charge >= 0.3 is 0 Å². The summed E-state index contributed by atoms with van der Waals surface area (Å²) >= 11 is 6.26. The molecule has 0 bridgehead atoms. The molecule has 4 rings (SSSR count). The normalized spacial score (nSPS) is 15.1. The molecule has 1 aliphatic heterocycles. The number of halogens is 2. The Morgan fingerprint density at radius 1 is 0.968 bits per heavy atom. The first-order valence-corrected chi connectivity index (χ1v) is 11.7. The Morgan fingerprint density at radius 2 is 1.68 bits per heavy atom. The van der Waals surface area contributed by atoms with Gasteiger partial charge in [-0.2, -0.15) is 0 Å². The number of nitrogens with zero attached hydrogens (tertiary/aromatic N) is 3. The van der Waals surface area contributed by atoms with Crippen LogP contribution in [0.3, 0.4) is 0 Å².